The first kappa shape index (κ1) is 11.1. The zero-order valence-corrected chi connectivity index (χ0v) is 10.3. The summed E-state index contributed by atoms with van der Waals surface area (Å²) in [4.78, 5) is 0. The summed E-state index contributed by atoms with van der Waals surface area (Å²) in [6.45, 7) is 0.960. The predicted octanol–water partition coefficient (Wildman–Crippen LogP) is 3.57. The molecule has 15 heavy (non-hydrogen) atoms. The quantitative estimate of drug-likeness (QED) is 0.806. The van der Waals surface area contributed by atoms with Crippen molar-refractivity contribution in [2.24, 2.45) is 5.92 Å². The Kier molecular flexibility index (Phi) is 4.20. The van der Waals surface area contributed by atoms with Gasteiger partial charge in [-0.3, -0.25) is 0 Å². The normalized spacial score (nSPS) is 17.1. The number of anilines is 1. The maximum Gasteiger partial charge on any atom is 0.186 e. The van der Waals surface area contributed by atoms with Gasteiger partial charge >= 0.3 is 0 Å². The number of aromatic nitrogens is 2. The van der Waals surface area contributed by atoms with Crippen LogP contribution in [-0.2, 0) is 0 Å². The van der Waals surface area contributed by atoms with E-state index in [9.17, 15) is 0 Å². The van der Waals surface area contributed by atoms with Crippen LogP contribution in [0.3, 0.4) is 0 Å². The molecule has 1 saturated carbocycles. The molecular weight excluding hydrogens is 230 g/mol. The molecule has 1 aromatic heterocycles. The lowest BCUT2D eigenvalue weighted by atomic mass is 10.0. The first-order chi connectivity index (χ1) is 7.36. The van der Waals surface area contributed by atoms with Crippen molar-refractivity contribution < 1.29 is 0 Å². The van der Waals surface area contributed by atoms with Crippen molar-refractivity contribution in [1.82, 2.24) is 8.75 Å². The van der Waals surface area contributed by atoms with Gasteiger partial charge in [-0.15, -0.1) is 0 Å². The van der Waals surface area contributed by atoms with E-state index in [0.29, 0.717) is 5.15 Å². The van der Waals surface area contributed by atoms with E-state index >= 15 is 0 Å². The molecule has 0 aliphatic heterocycles. The third-order valence-electron chi connectivity index (χ3n) is 3.00. The van der Waals surface area contributed by atoms with Gasteiger partial charge in [0.05, 0.1) is 11.7 Å². The highest BCUT2D eigenvalue weighted by atomic mass is 35.5. The smallest absolute Gasteiger partial charge is 0.186 e. The molecule has 0 aromatic carbocycles. The lowest BCUT2D eigenvalue weighted by molar-refractivity contribution is 0.491. The SMILES string of the molecule is Clc1nsnc1NCCCC1CCCC1. The van der Waals surface area contributed by atoms with E-state index in [4.69, 9.17) is 11.6 Å². The van der Waals surface area contributed by atoms with E-state index < -0.39 is 0 Å². The van der Waals surface area contributed by atoms with Crippen molar-refractivity contribution in [3.63, 3.8) is 0 Å². The van der Waals surface area contributed by atoms with E-state index in [2.05, 4.69) is 14.1 Å². The van der Waals surface area contributed by atoms with Gasteiger partial charge in [-0.2, -0.15) is 8.75 Å². The van der Waals surface area contributed by atoms with E-state index in [1.807, 2.05) is 0 Å². The largest absolute Gasteiger partial charge is 0.367 e. The van der Waals surface area contributed by atoms with E-state index in [1.54, 1.807) is 0 Å². The zero-order chi connectivity index (χ0) is 10.5. The average molecular weight is 246 g/mol. The lowest BCUT2D eigenvalue weighted by Crippen LogP contribution is -2.04. The van der Waals surface area contributed by atoms with Crippen molar-refractivity contribution >= 4 is 29.1 Å². The van der Waals surface area contributed by atoms with Crippen LogP contribution in [0.5, 0.6) is 0 Å². The summed E-state index contributed by atoms with van der Waals surface area (Å²) in [5.74, 6) is 1.71. The third kappa shape index (κ3) is 3.31. The summed E-state index contributed by atoms with van der Waals surface area (Å²) in [5.41, 5.74) is 0. The molecule has 1 aromatic rings. The van der Waals surface area contributed by atoms with Gasteiger partial charge in [0.1, 0.15) is 0 Å². The highest BCUT2D eigenvalue weighted by Crippen LogP contribution is 2.28. The molecule has 1 N–H and O–H groups in total. The number of nitrogens with zero attached hydrogens (tertiary/aromatic N) is 2. The lowest BCUT2D eigenvalue weighted by Gasteiger charge is -2.08. The number of hydrogen-bond donors (Lipinski definition) is 1. The maximum atomic E-state index is 5.82. The number of nitrogens with one attached hydrogen (secondary N) is 1. The minimum Gasteiger partial charge on any atom is -0.367 e. The third-order valence-corrected chi connectivity index (χ3v) is 3.90. The monoisotopic (exact) mass is 245 g/mol. The van der Waals surface area contributed by atoms with Crippen LogP contribution in [-0.4, -0.2) is 15.3 Å². The van der Waals surface area contributed by atoms with Gasteiger partial charge in [0.25, 0.3) is 0 Å². The Morgan fingerprint density at radius 1 is 1.33 bits per heavy atom. The Labute approximate surface area is 99.6 Å². The second-order valence-corrected chi connectivity index (χ2v) is 5.01. The van der Waals surface area contributed by atoms with Crippen LogP contribution in [0, 0.1) is 5.92 Å². The molecule has 0 radical (unpaired) electrons. The fourth-order valence-corrected chi connectivity index (χ4v) is 2.86. The predicted molar refractivity (Wildman–Crippen MR) is 64.6 cm³/mol. The van der Waals surface area contributed by atoms with Crippen LogP contribution in [0.25, 0.3) is 0 Å². The van der Waals surface area contributed by atoms with Gasteiger partial charge in [-0.25, -0.2) is 0 Å². The topological polar surface area (TPSA) is 37.8 Å². The molecule has 5 heteroatoms. The zero-order valence-electron chi connectivity index (χ0n) is 8.71. The van der Waals surface area contributed by atoms with Crippen molar-refractivity contribution in [3.05, 3.63) is 5.15 Å². The van der Waals surface area contributed by atoms with Gasteiger partial charge < -0.3 is 5.32 Å². The minimum absolute atomic E-state index is 0.501. The molecule has 1 aliphatic carbocycles. The highest BCUT2D eigenvalue weighted by molar-refractivity contribution is 6.99. The fourth-order valence-electron chi connectivity index (χ4n) is 2.18. The van der Waals surface area contributed by atoms with Crippen LogP contribution in [0.2, 0.25) is 5.15 Å². The maximum absolute atomic E-state index is 5.82. The number of rotatable bonds is 5. The van der Waals surface area contributed by atoms with Crippen LogP contribution in [0.4, 0.5) is 5.82 Å². The van der Waals surface area contributed by atoms with Gasteiger partial charge in [0.2, 0.25) is 0 Å². The summed E-state index contributed by atoms with van der Waals surface area (Å²) in [6, 6.07) is 0. The molecule has 0 spiro atoms. The average Bonchev–Trinajstić information content (AvgIpc) is 2.85. The molecule has 1 fully saturated rings. The molecule has 1 aliphatic rings. The Morgan fingerprint density at radius 2 is 2.13 bits per heavy atom. The highest BCUT2D eigenvalue weighted by Gasteiger charge is 2.14. The summed E-state index contributed by atoms with van der Waals surface area (Å²) in [7, 11) is 0. The Morgan fingerprint density at radius 3 is 2.80 bits per heavy atom. The van der Waals surface area contributed by atoms with Gasteiger partial charge in [-0.1, -0.05) is 37.3 Å². The van der Waals surface area contributed by atoms with Crippen LogP contribution < -0.4 is 5.32 Å². The molecule has 0 saturated heterocycles. The second-order valence-electron chi connectivity index (χ2n) is 4.12. The van der Waals surface area contributed by atoms with Crippen molar-refractivity contribution in [2.75, 3.05) is 11.9 Å². The van der Waals surface area contributed by atoms with E-state index in [0.717, 1.165) is 30.0 Å². The fraction of sp³-hybridized carbons (Fsp3) is 0.800. The van der Waals surface area contributed by atoms with E-state index in [-0.39, 0.29) is 0 Å². The molecule has 84 valence electrons. The summed E-state index contributed by atoms with van der Waals surface area (Å²) >= 11 is 6.98. The van der Waals surface area contributed by atoms with Crippen LogP contribution in [0.15, 0.2) is 0 Å². The molecule has 0 bridgehead atoms. The van der Waals surface area contributed by atoms with Crippen molar-refractivity contribution in [1.29, 1.82) is 0 Å². The van der Waals surface area contributed by atoms with Crippen molar-refractivity contribution in [2.45, 2.75) is 38.5 Å². The number of halogens is 1. The standard InChI is InChI=1S/C10H16ClN3S/c11-9-10(14-15-13-9)12-7-3-6-8-4-1-2-5-8/h8H,1-7H2,(H,12,14). The Hall–Kier alpha value is -0.350. The first-order valence-electron chi connectivity index (χ1n) is 5.58. The van der Waals surface area contributed by atoms with Gasteiger partial charge in [0, 0.05) is 6.54 Å². The first-order valence-corrected chi connectivity index (χ1v) is 6.69. The summed E-state index contributed by atoms with van der Waals surface area (Å²) in [5, 5.41) is 3.72. The molecular formula is C10H16ClN3S. The van der Waals surface area contributed by atoms with E-state index in [1.165, 1.54) is 38.5 Å². The molecule has 3 nitrogen and oxygen atoms in total. The Balaban J connectivity index is 1.60. The molecule has 0 amide bonds. The van der Waals surface area contributed by atoms with Gasteiger partial charge in [-0.05, 0) is 18.8 Å². The molecule has 2 rings (SSSR count). The van der Waals surface area contributed by atoms with Gasteiger partial charge in [0.15, 0.2) is 11.0 Å². The van der Waals surface area contributed by atoms with Crippen molar-refractivity contribution in [3.8, 4) is 0 Å². The molecule has 1 heterocycles. The van der Waals surface area contributed by atoms with Crippen LogP contribution in [0.1, 0.15) is 38.5 Å². The van der Waals surface area contributed by atoms with Crippen LogP contribution >= 0.6 is 23.3 Å². The number of hydrogen-bond acceptors (Lipinski definition) is 4. The minimum atomic E-state index is 0.501. The summed E-state index contributed by atoms with van der Waals surface area (Å²) in [6.07, 6.45) is 8.26. The summed E-state index contributed by atoms with van der Waals surface area (Å²) < 4.78 is 7.98. The second kappa shape index (κ2) is 5.66. The Bertz CT molecular complexity index is 297. The molecule has 0 unspecified atom stereocenters. The molecule has 0 atom stereocenters.